The van der Waals surface area contributed by atoms with Crippen molar-refractivity contribution in [1.82, 2.24) is 0 Å². The number of benzene rings is 10. The first-order chi connectivity index (χ1) is 50.4. The molecule has 0 saturated heterocycles. The van der Waals surface area contributed by atoms with E-state index in [1.54, 1.807) is 100 Å². The number of aryl methyl sites for hydroxylation is 16. The average molecular weight is 1560 g/mol. The summed E-state index contributed by atoms with van der Waals surface area (Å²) >= 11 is 23.2. The molecule has 0 aliphatic carbocycles. The van der Waals surface area contributed by atoms with E-state index < -0.39 is 58.2 Å². The fourth-order valence-corrected chi connectivity index (χ4v) is 12.3. The van der Waals surface area contributed by atoms with Crippen molar-refractivity contribution in [3.63, 3.8) is 0 Å². The number of halogens is 18. The Bertz CT molecular complexity index is 3770. The third-order valence-electron chi connectivity index (χ3n) is 18.1. The Morgan fingerprint density at radius 1 is 0.160 bits per heavy atom. The summed E-state index contributed by atoms with van der Waals surface area (Å²) < 4.78 is 188. The fraction of sp³-hybridized carbons (Fsp3) is 0.364. The van der Waals surface area contributed by atoms with Crippen molar-refractivity contribution in [1.29, 1.82) is 0 Å². The normalized spacial score (nSPS) is 10.6. The monoisotopic (exact) mass is 1560 g/mol. The molecule has 0 amide bonds. The molecular formula is C88H98Cl4F14. The molecule has 0 fully saturated rings. The zero-order valence-electron chi connectivity index (χ0n) is 63.5. The average Bonchev–Trinajstić information content (AvgIpc) is 0.778. The van der Waals surface area contributed by atoms with E-state index in [2.05, 4.69) is 0 Å². The Kier molecular flexibility index (Phi) is 40.7. The number of hydrogen-bond acceptors (Lipinski definition) is 0. The second-order valence-electron chi connectivity index (χ2n) is 24.3. The first kappa shape index (κ1) is 93.1. The summed E-state index contributed by atoms with van der Waals surface area (Å²) in [4.78, 5) is 0. The predicted molar refractivity (Wildman–Crippen MR) is 416 cm³/mol. The SMILES string of the molecule is CCc1cc2ccc(CC)c(F)c2c(F)c1F.CCc1cc2ccc(CC)c(F)c2c(F)c1F.CCc1ccc(CC)c(Cl)c1F.CCc1ccc(CC)c(Cl)c1F.CCc1ccc(CC)c(Cl)c1F.CCc1ccc(CC)c(Cl)c1F.CCc1ccc(CC)c(F)c1F.CCc1ccc(CC)c(F)c1F. The zero-order chi connectivity index (χ0) is 80.0. The van der Waals surface area contributed by atoms with Crippen molar-refractivity contribution < 1.29 is 61.5 Å². The Morgan fingerprint density at radius 2 is 0.292 bits per heavy atom. The maximum absolute atomic E-state index is 13.9. The largest absolute Gasteiger partial charge is 0.206 e. The lowest BCUT2D eigenvalue weighted by Crippen LogP contribution is -1.98. The summed E-state index contributed by atoms with van der Waals surface area (Å²) in [5.41, 5.74) is 9.44. The van der Waals surface area contributed by atoms with E-state index in [0.29, 0.717) is 143 Å². The van der Waals surface area contributed by atoms with Crippen LogP contribution >= 0.6 is 46.4 Å². The molecule has 576 valence electrons. The van der Waals surface area contributed by atoms with Crippen LogP contribution in [0.3, 0.4) is 0 Å². The van der Waals surface area contributed by atoms with E-state index in [0.717, 1.165) is 47.9 Å². The van der Waals surface area contributed by atoms with E-state index in [-0.39, 0.29) is 65.3 Å². The van der Waals surface area contributed by atoms with Crippen molar-refractivity contribution in [2.75, 3.05) is 0 Å². The Labute approximate surface area is 638 Å². The predicted octanol–water partition coefficient (Wildman–Crippen LogP) is 29.4. The molecule has 0 aromatic heterocycles. The van der Waals surface area contributed by atoms with Gasteiger partial charge in [0.25, 0.3) is 0 Å². The molecule has 0 nitrogen and oxygen atoms in total. The summed E-state index contributed by atoms with van der Waals surface area (Å²) in [7, 11) is 0. The Balaban J connectivity index is 0.000000316. The third-order valence-corrected chi connectivity index (χ3v) is 19.7. The molecule has 0 unspecified atom stereocenters. The van der Waals surface area contributed by atoms with Gasteiger partial charge in [-0.25, -0.2) is 61.5 Å². The molecule has 0 heterocycles. The van der Waals surface area contributed by atoms with Crippen molar-refractivity contribution in [2.45, 2.75) is 214 Å². The molecule has 18 heteroatoms. The highest BCUT2D eigenvalue weighted by molar-refractivity contribution is 6.32. The highest BCUT2D eigenvalue weighted by atomic mass is 35.5. The van der Waals surface area contributed by atoms with Gasteiger partial charge < -0.3 is 0 Å². The Morgan fingerprint density at radius 3 is 0.462 bits per heavy atom. The van der Waals surface area contributed by atoms with Gasteiger partial charge in [0.05, 0.1) is 30.9 Å². The second-order valence-corrected chi connectivity index (χ2v) is 25.8. The van der Waals surface area contributed by atoms with Crippen LogP contribution in [-0.4, -0.2) is 0 Å². The van der Waals surface area contributed by atoms with Crippen LogP contribution in [0, 0.1) is 81.4 Å². The summed E-state index contributed by atoms with van der Waals surface area (Å²) in [6.45, 7) is 29.8. The van der Waals surface area contributed by atoms with Gasteiger partial charge in [-0.05, 0) is 215 Å². The molecule has 10 aromatic rings. The van der Waals surface area contributed by atoms with E-state index in [4.69, 9.17) is 46.4 Å². The zero-order valence-corrected chi connectivity index (χ0v) is 66.5. The molecular weight excluding hydrogens is 1460 g/mol. The van der Waals surface area contributed by atoms with Crippen molar-refractivity contribution in [2.24, 2.45) is 0 Å². The molecule has 0 aliphatic heterocycles. The molecule has 0 radical (unpaired) electrons. The molecule has 106 heavy (non-hydrogen) atoms. The quantitative estimate of drug-likeness (QED) is 0.0846. The lowest BCUT2D eigenvalue weighted by molar-refractivity contribution is 0.491. The van der Waals surface area contributed by atoms with Crippen LogP contribution in [0.2, 0.25) is 20.1 Å². The standard InChI is InChI=1S/2C14H13F3.4C10H12ClF.2C10H12F2/c2*1-3-8-5-6-10-7-9(4-2)13(16)14(17)11(10)12(8)15;6*1-3-7-5-6-8(4-2)10(12)9(7)11/h2*5-7H,3-4H2,1-2H3;6*5-6H,3-4H2,1-2H3. The van der Waals surface area contributed by atoms with E-state index in [9.17, 15) is 61.5 Å². The molecule has 0 atom stereocenters. The van der Waals surface area contributed by atoms with Gasteiger partial charge in [-0.3, -0.25) is 0 Å². The van der Waals surface area contributed by atoms with Crippen molar-refractivity contribution in [3.05, 3.63) is 300 Å². The minimum Gasteiger partial charge on any atom is -0.206 e. The molecule has 10 rings (SSSR count). The van der Waals surface area contributed by atoms with Gasteiger partial charge in [0.1, 0.15) is 34.9 Å². The smallest absolute Gasteiger partial charge is 0.169 e. The van der Waals surface area contributed by atoms with Crippen LogP contribution in [0.25, 0.3) is 21.5 Å². The molecule has 10 aromatic carbocycles. The Hall–Kier alpha value is -7.10. The van der Waals surface area contributed by atoms with Gasteiger partial charge >= 0.3 is 0 Å². The maximum atomic E-state index is 13.9. The van der Waals surface area contributed by atoms with Crippen LogP contribution < -0.4 is 0 Å². The first-order valence-corrected chi connectivity index (χ1v) is 37.8. The van der Waals surface area contributed by atoms with E-state index >= 15 is 0 Å². The van der Waals surface area contributed by atoms with Gasteiger partial charge in [0.15, 0.2) is 46.5 Å². The summed E-state index contributed by atoms with van der Waals surface area (Å²) in [5, 5.41) is 1.51. The van der Waals surface area contributed by atoms with Crippen molar-refractivity contribution >= 4 is 67.9 Å². The minimum absolute atomic E-state index is 0.237. The van der Waals surface area contributed by atoms with E-state index in [1.165, 1.54) is 12.1 Å². The highest BCUT2D eigenvalue weighted by Gasteiger charge is 2.21. The van der Waals surface area contributed by atoms with Crippen LogP contribution in [0.5, 0.6) is 0 Å². The molecule has 0 spiro atoms. The minimum atomic E-state index is -1.08. The van der Waals surface area contributed by atoms with Crippen LogP contribution in [0.1, 0.15) is 200 Å². The van der Waals surface area contributed by atoms with Gasteiger partial charge in [0.2, 0.25) is 0 Å². The summed E-state index contributed by atoms with van der Waals surface area (Å²) in [5.74, 6) is -9.07. The molecule has 0 N–H and O–H groups in total. The van der Waals surface area contributed by atoms with E-state index in [1.807, 2.05) is 107 Å². The van der Waals surface area contributed by atoms with Crippen molar-refractivity contribution in [3.8, 4) is 0 Å². The second kappa shape index (κ2) is 46.3. The molecule has 0 bridgehead atoms. The van der Waals surface area contributed by atoms with Crippen LogP contribution in [0.15, 0.2) is 109 Å². The van der Waals surface area contributed by atoms with Gasteiger partial charge in [-0.2, -0.15) is 0 Å². The number of hydrogen-bond donors (Lipinski definition) is 0. The van der Waals surface area contributed by atoms with Crippen LogP contribution in [0.4, 0.5) is 61.5 Å². The maximum Gasteiger partial charge on any atom is 0.169 e. The van der Waals surface area contributed by atoms with Crippen LogP contribution in [-0.2, 0) is 103 Å². The summed E-state index contributed by atoms with van der Waals surface area (Å²) in [6.07, 6.45) is 9.69. The molecule has 0 saturated carbocycles. The number of rotatable bonds is 16. The van der Waals surface area contributed by atoms with Gasteiger partial charge in [-0.15, -0.1) is 0 Å². The topological polar surface area (TPSA) is 0 Å². The van der Waals surface area contributed by atoms with Gasteiger partial charge in [0, 0.05) is 0 Å². The molecule has 0 aliphatic rings. The lowest BCUT2D eigenvalue weighted by atomic mass is 10.00. The third kappa shape index (κ3) is 23.9. The lowest BCUT2D eigenvalue weighted by Gasteiger charge is -2.09. The number of fused-ring (bicyclic) bond motifs is 2. The van der Waals surface area contributed by atoms with Gasteiger partial charge in [-0.1, -0.05) is 254 Å². The first-order valence-electron chi connectivity index (χ1n) is 36.3. The highest BCUT2D eigenvalue weighted by Crippen LogP contribution is 2.33. The summed E-state index contributed by atoms with van der Waals surface area (Å²) in [6, 6.07) is 30.9. The fourth-order valence-electron chi connectivity index (χ4n) is 11.1.